The lowest BCUT2D eigenvalue weighted by Crippen LogP contribution is -2.05. The van der Waals surface area contributed by atoms with E-state index in [1.807, 2.05) is 0 Å². The van der Waals surface area contributed by atoms with E-state index in [2.05, 4.69) is 9.97 Å². The number of thioether (sulfide) groups is 1. The number of carboxylic acids is 1. The molecule has 0 spiro atoms. The second kappa shape index (κ2) is 5.66. The second-order valence-corrected chi connectivity index (χ2v) is 8.54. The number of thiophene rings is 1. The van der Waals surface area contributed by atoms with E-state index in [0.717, 1.165) is 11.3 Å². The van der Waals surface area contributed by atoms with Gasteiger partial charge in [-0.25, -0.2) is 23.2 Å². The van der Waals surface area contributed by atoms with Gasteiger partial charge in [0.1, 0.15) is 30.9 Å². The Morgan fingerprint density at radius 2 is 2.15 bits per heavy atom. The zero-order valence-corrected chi connectivity index (χ0v) is 13.2. The Hall–Kier alpha value is -1.19. The van der Waals surface area contributed by atoms with E-state index in [0.29, 0.717) is 26.6 Å². The third-order valence-corrected chi connectivity index (χ3v) is 5.96. The first-order valence-electron chi connectivity index (χ1n) is 5.57. The number of aromatic nitrogens is 2. The summed E-state index contributed by atoms with van der Waals surface area (Å²) in [7, 11) is -3.02. The number of hydrogen-bond acceptors (Lipinski definition) is 7. The molecule has 6 nitrogen and oxygen atoms in total. The highest BCUT2D eigenvalue weighted by Gasteiger charge is 2.18. The molecule has 0 aliphatic carbocycles. The van der Waals surface area contributed by atoms with Crippen LogP contribution in [0.4, 0.5) is 0 Å². The maximum atomic E-state index is 11.1. The van der Waals surface area contributed by atoms with Crippen LogP contribution in [0.3, 0.4) is 0 Å². The van der Waals surface area contributed by atoms with Gasteiger partial charge in [-0.2, -0.15) is 0 Å². The normalized spacial score (nSPS) is 11.9. The quantitative estimate of drug-likeness (QED) is 0.659. The Balaban J connectivity index is 2.36. The summed E-state index contributed by atoms with van der Waals surface area (Å²) < 4.78 is 22.2. The van der Waals surface area contributed by atoms with Gasteiger partial charge in [-0.3, -0.25) is 0 Å². The van der Waals surface area contributed by atoms with E-state index < -0.39 is 15.8 Å². The molecule has 108 valence electrons. The lowest BCUT2D eigenvalue weighted by molar-refractivity contribution is 0.0701. The van der Waals surface area contributed by atoms with Crippen molar-refractivity contribution in [1.29, 1.82) is 0 Å². The Labute approximate surface area is 124 Å². The topological polar surface area (TPSA) is 97.2 Å². The van der Waals surface area contributed by atoms with E-state index in [1.165, 1.54) is 24.3 Å². The van der Waals surface area contributed by atoms with Crippen LogP contribution < -0.4 is 0 Å². The summed E-state index contributed by atoms with van der Waals surface area (Å²) in [5, 5.41) is 10.4. The molecule has 20 heavy (non-hydrogen) atoms. The summed E-state index contributed by atoms with van der Waals surface area (Å²) in [4.78, 5) is 20.2. The number of carboxylic acid groups (broad SMARTS) is 1. The molecular formula is C11H12N2O4S3. The van der Waals surface area contributed by atoms with Gasteiger partial charge < -0.3 is 5.11 Å². The van der Waals surface area contributed by atoms with Crippen molar-refractivity contribution in [3.05, 3.63) is 16.8 Å². The van der Waals surface area contributed by atoms with Gasteiger partial charge in [0, 0.05) is 17.4 Å². The zero-order valence-electron chi connectivity index (χ0n) is 10.8. The largest absolute Gasteiger partial charge is 0.477 e. The highest BCUT2D eigenvalue weighted by Crippen LogP contribution is 2.34. The molecule has 0 bridgehead atoms. The van der Waals surface area contributed by atoms with Crippen LogP contribution in [-0.2, 0) is 9.84 Å². The Morgan fingerprint density at radius 3 is 2.75 bits per heavy atom. The van der Waals surface area contributed by atoms with Gasteiger partial charge >= 0.3 is 5.97 Å². The van der Waals surface area contributed by atoms with Gasteiger partial charge in [-0.1, -0.05) is 0 Å². The minimum atomic E-state index is -3.02. The fraction of sp³-hybridized carbons (Fsp3) is 0.364. The molecule has 9 heteroatoms. The maximum Gasteiger partial charge on any atom is 0.346 e. The Morgan fingerprint density at radius 1 is 1.45 bits per heavy atom. The summed E-state index contributed by atoms with van der Waals surface area (Å²) in [5.74, 6) is -0.557. The number of carbonyl (C=O) groups is 1. The number of hydrogen-bond donors (Lipinski definition) is 1. The van der Waals surface area contributed by atoms with E-state index in [-0.39, 0.29) is 10.6 Å². The van der Waals surface area contributed by atoms with Gasteiger partial charge in [-0.15, -0.1) is 23.1 Å². The highest BCUT2D eigenvalue weighted by atomic mass is 32.2. The second-order valence-electron chi connectivity index (χ2n) is 4.20. The van der Waals surface area contributed by atoms with Gasteiger partial charge in [0.05, 0.1) is 5.75 Å². The predicted octanol–water partition coefficient (Wildman–Crippen LogP) is 1.83. The minimum Gasteiger partial charge on any atom is -0.477 e. The van der Waals surface area contributed by atoms with Crippen LogP contribution in [0, 0.1) is 6.92 Å². The standard InChI is InChI=1S/C11H12N2O4S3/c1-6-7-9(18-3-4-20(2,16)17)12-5-13-10(7)19-8(6)11(14)15/h5H,3-4H2,1-2H3,(H,14,15). The number of nitrogens with zero attached hydrogens (tertiary/aromatic N) is 2. The lowest BCUT2D eigenvalue weighted by atomic mass is 10.2. The first-order valence-corrected chi connectivity index (χ1v) is 9.44. The van der Waals surface area contributed by atoms with Crippen LogP contribution in [0.5, 0.6) is 0 Å². The van der Waals surface area contributed by atoms with Gasteiger partial charge in [0.2, 0.25) is 0 Å². The minimum absolute atomic E-state index is 0.0537. The summed E-state index contributed by atoms with van der Waals surface area (Å²) in [6.07, 6.45) is 2.55. The highest BCUT2D eigenvalue weighted by molar-refractivity contribution is 8.00. The molecule has 2 heterocycles. The van der Waals surface area contributed by atoms with Crippen LogP contribution in [0.2, 0.25) is 0 Å². The van der Waals surface area contributed by atoms with Gasteiger partial charge in [0.25, 0.3) is 0 Å². The fourth-order valence-corrected chi connectivity index (χ4v) is 4.95. The molecule has 0 fully saturated rings. The average Bonchev–Trinajstić information content (AvgIpc) is 2.66. The molecule has 0 saturated carbocycles. The molecule has 0 aliphatic heterocycles. The molecule has 1 N–H and O–H groups in total. The summed E-state index contributed by atoms with van der Waals surface area (Å²) in [5.41, 5.74) is 0.625. The van der Waals surface area contributed by atoms with Crippen LogP contribution in [0.1, 0.15) is 15.2 Å². The third-order valence-electron chi connectivity index (χ3n) is 2.58. The molecule has 0 aromatic carbocycles. The molecule has 2 aromatic rings. The molecule has 0 atom stereocenters. The van der Waals surface area contributed by atoms with Crippen molar-refractivity contribution in [2.75, 3.05) is 17.8 Å². The van der Waals surface area contributed by atoms with E-state index in [4.69, 9.17) is 5.11 Å². The Kier molecular flexibility index (Phi) is 4.31. The predicted molar refractivity (Wildman–Crippen MR) is 79.5 cm³/mol. The van der Waals surface area contributed by atoms with E-state index in [1.54, 1.807) is 6.92 Å². The van der Waals surface area contributed by atoms with Crippen LogP contribution in [0.15, 0.2) is 11.4 Å². The monoisotopic (exact) mass is 332 g/mol. The van der Waals surface area contributed by atoms with Crippen molar-refractivity contribution in [2.45, 2.75) is 11.9 Å². The van der Waals surface area contributed by atoms with Crippen molar-refractivity contribution in [2.24, 2.45) is 0 Å². The summed E-state index contributed by atoms with van der Waals surface area (Å²) >= 11 is 2.40. The van der Waals surface area contributed by atoms with Crippen LogP contribution in [-0.4, -0.2) is 47.2 Å². The summed E-state index contributed by atoms with van der Waals surface area (Å²) in [6, 6.07) is 0. The van der Waals surface area contributed by atoms with Crippen molar-refractivity contribution in [1.82, 2.24) is 9.97 Å². The molecule has 0 amide bonds. The number of aromatic carboxylic acids is 1. The van der Waals surface area contributed by atoms with Crippen molar-refractivity contribution in [3.63, 3.8) is 0 Å². The van der Waals surface area contributed by atoms with Crippen LogP contribution in [0.25, 0.3) is 10.2 Å². The third kappa shape index (κ3) is 3.28. The smallest absolute Gasteiger partial charge is 0.346 e. The van der Waals surface area contributed by atoms with Gasteiger partial charge in [0.15, 0.2) is 0 Å². The van der Waals surface area contributed by atoms with E-state index >= 15 is 0 Å². The Bertz CT molecular complexity index is 767. The zero-order chi connectivity index (χ0) is 14.9. The number of sulfone groups is 1. The molecule has 2 rings (SSSR count). The molecular weight excluding hydrogens is 320 g/mol. The molecule has 0 radical (unpaired) electrons. The van der Waals surface area contributed by atoms with E-state index in [9.17, 15) is 13.2 Å². The molecule has 2 aromatic heterocycles. The van der Waals surface area contributed by atoms with Crippen LogP contribution >= 0.6 is 23.1 Å². The molecule has 0 saturated heterocycles. The number of aryl methyl sites for hydroxylation is 1. The molecule has 0 unspecified atom stereocenters. The van der Waals surface area contributed by atoms with Gasteiger partial charge in [-0.05, 0) is 12.5 Å². The van der Waals surface area contributed by atoms with Crippen molar-refractivity contribution in [3.8, 4) is 0 Å². The number of fused-ring (bicyclic) bond motifs is 1. The van der Waals surface area contributed by atoms with Crippen molar-refractivity contribution >= 4 is 49.1 Å². The first kappa shape index (κ1) is 15.2. The lowest BCUT2D eigenvalue weighted by Gasteiger charge is -2.02. The first-order chi connectivity index (χ1) is 9.29. The van der Waals surface area contributed by atoms with Crippen molar-refractivity contribution < 1.29 is 18.3 Å². The summed E-state index contributed by atoms with van der Waals surface area (Å²) in [6.45, 7) is 1.71. The maximum absolute atomic E-state index is 11.1. The SMILES string of the molecule is Cc1c(C(=O)O)sc2ncnc(SCCS(C)(=O)=O)c12. The fourth-order valence-electron chi connectivity index (χ4n) is 1.64. The average molecular weight is 332 g/mol. The number of rotatable bonds is 5. The molecule has 0 aliphatic rings.